The van der Waals surface area contributed by atoms with E-state index < -0.39 is 0 Å². The zero-order valence-corrected chi connectivity index (χ0v) is 28.5. The van der Waals surface area contributed by atoms with Crippen molar-refractivity contribution in [1.29, 1.82) is 10.5 Å². The highest BCUT2D eigenvalue weighted by atomic mass is 14.9. The van der Waals surface area contributed by atoms with Crippen molar-refractivity contribution < 1.29 is 0 Å². The van der Waals surface area contributed by atoms with Crippen molar-refractivity contribution in [2.45, 2.75) is 101 Å². The van der Waals surface area contributed by atoms with Gasteiger partial charge in [-0.3, -0.25) is 0 Å². The number of hydrogen-bond acceptors (Lipinski definition) is 3. The Hall–Kier alpha value is -3.30. The predicted molar refractivity (Wildman–Crippen MR) is 185 cm³/mol. The Morgan fingerprint density at radius 3 is 2.33 bits per heavy atom. The molecule has 3 nitrogen and oxygen atoms in total. The van der Waals surface area contributed by atoms with Gasteiger partial charge in [0, 0.05) is 17.8 Å². The zero-order valence-electron chi connectivity index (χ0n) is 28.5. The van der Waals surface area contributed by atoms with Crippen molar-refractivity contribution in [2.24, 2.45) is 40.9 Å². The molecule has 2 rings (SSSR count). The van der Waals surface area contributed by atoms with Gasteiger partial charge in [0.05, 0.1) is 18.1 Å². The maximum absolute atomic E-state index is 9.90. The largest absolute Gasteiger partial charge is 0.359 e. The Morgan fingerprint density at radius 2 is 1.74 bits per heavy atom. The summed E-state index contributed by atoms with van der Waals surface area (Å²) >= 11 is 0. The summed E-state index contributed by atoms with van der Waals surface area (Å²) in [4.78, 5) is 0. The fourth-order valence-corrected chi connectivity index (χ4v) is 6.99. The molecule has 1 aromatic carbocycles. The number of rotatable bonds is 14. The SMILES string of the molecule is C=C(CC(C)/C=C/C=C(C)/C=C/C(=C(C)C)C(C)(C)CCC)Nc1ccc(CC2CC(CC#N)C(C)C(C)C2C#N)cc1. The third-order valence-corrected chi connectivity index (χ3v) is 9.55. The topological polar surface area (TPSA) is 59.6 Å². The van der Waals surface area contributed by atoms with Crippen LogP contribution in [0.4, 0.5) is 5.69 Å². The third kappa shape index (κ3) is 11.0. The van der Waals surface area contributed by atoms with E-state index >= 15 is 0 Å². The van der Waals surface area contributed by atoms with Crippen LogP contribution in [0.3, 0.4) is 0 Å². The summed E-state index contributed by atoms with van der Waals surface area (Å²) in [5.74, 6) is 1.81. The van der Waals surface area contributed by atoms with E-state index in [0.29, 0.717) is 36.0 Å². The monoisotopic (exact) mass is 579 g/mol. The van der Waals surface area contributed by atoms with Crippen molar-refractivity contribution in [2.75, 3.05) is 5.32 Å². The first-order valence-electron chi connectivity index (χ1n) is 16.3. The second-order valence-electron chi connectivity index (χ2n) is 14.0. The highest BCUT2D eigenvalue weighted by molar-refractivity contribution is 5.49. The molecule has 1 aliphatic rings. The van der Waals surface area contributed by atoms with Crippen LogP contribution in [0, 0.1) is 63.6 Å². The number of benzene rings is 1. The Balaban J connectivity index is 1.92. The predicted octanol–water partition coefficient (Wildman–Crippen LogP) is 11.4. The molecule has 1 aliphatic carbocycles. The standard InChI is InChI=1S/C40H57N3/c1-11-22-40(9,10)39(28(2)3)20-15-29(4)13-12-14-30(5)24-31(6)43-37-18-16-34(17-19-37)25-36-26-35(21-23-41)32(7)33(8)38(36)27-42/h12-20,30,32-33,35-36,38,43H,6,11,21-22,24-26H2,1-5,7-10H3/b14-12+,20-15+,29-13+. The van der Waals surface area contributed by atoms with E-state index in [1.165, 1.54) is 35.1 Å². The van der Waals surface area contributed by atoms with Crippen molar-refractivity contribution in [3.8, 4) is 12.1 Å². The van der Waals surface area contributed by atoms with Gasteiger partial charge in [-0.1, -0.05) is 108 Å². The maximum Gasteiger partial charge on any atom is 0.0661 e. The molecule has 1 saturated carbocycles. The molecule has 6 unspecified atom stereocenters. The molecule has 232 valence electrons. The first-order valence-corrected chi connectivity index (χ1v) is 16.3. The van der Waals surface area contributed by atoms with E-state index in [1.807, 2.05) is 0 Å². The van der Waals surface area contributed by atoms with Crippen molar-refractivity contribution in [3.63, 3.8) is 0 Å². The molecule has 43 heavy (non-hydrogen) atoms. The number of anilines is 1. The molecule has 0 saturated heterocycles. The number of nitrogens with zero attached hydrogens (tertiary/aromatic N) is 2. The van der Waals surface area contributed by atoms with E-state index in [9.17, 15) is 10.5 Å². The summed E-state index contributed by atoms with van der Waals surface area (Å²) in [5.41, 5.74) is 7.54. The molecule has 6 atom stereocenters. The highest BCUT2D eigenvalue weighted by Gasteiger charge is 2.40. The molecule has 0 bridgehead atoms. The van der Waals surface area contributed by atoms with Crippen molar-refractivity contribution >= 4 is 5.69 Å². The molecule has 0 heterocycles. The average molecular weight is 580 g/mol. The molecular formula is C40H57N3. The molecule has 0 aromatic heterocycles. The van der Waals surface area contributed by atoms with Gasteiger partial charge in [0.1, 0.15) is 0 Å². The van der Waals surface area contributed by atoms with Gasteiger partial charge in [0.25, 0.3) is 0 Å². The van der Waals surface area contributed by atoms with Crippen LogP contribution in [0.15, 0.2) is 83.6 Å². The minimum Gasteiger partial charge on any atom is -0.359 e. The average Bonchev–Trinajstić information content (AvgIpc) is 2.92. The van der Waals surface area contributed by atoms with Gasteiger partial charge in [-0.05, 0) is 105 Å². The second-order valence-corrected chi connectivity index (χ2v) is 14.0. The van der Waals surface area contributed by atoms with E-state index in [-0.39, 0.29) is 11.3 Å². The molecule has 1 aromatic rings. The Labute approximate surface area is 264 Å². The van der Waals surface area contributed by atoms with Crippen LogP contribution in [-0.2, 0) is 6.42 Å². The fourth-order valence-electron chi connectivity index (χ4n) is 6.99. The molecule has 0 amide bonds. The highest BCUT2D eigenvalue weighted by Crippen LogP contribution is 2.44. The van der Waals surface area contributed by atoms with Crippen LogP contribution in [0.1, 0.15) is 100.0 Å². The Kier molecular flexibility index (Phi) is 14.3. The van der Waals surface area contributed by atoms with Gasteiger partial charge in [-0.2, -0.15) is 10.5 Å². The molecule has 1 N–H and O–H groups in total. The van der Waals surface area contributed by atoms with Gasteiger partial charge in [0.15, 0.2) is 0 Å². The van der Waals surface area contributed by atoms with Crippen molar-refractivity contribution in [1.82, 2.24) is 0 Å². The third-order valence-electron chi connectivity index (χ3n) is 9.55. The van der Waals surface area contributed by atoms with Gasteiger partial charge in [0.2, 0.25) is 0 Å². The van der Waals surface area contributed by atoms with Gasteiger partial charge in [-0.15, -0.1) is 0 Å². The summed E-state index contributed by atoms with van der Waals surface area (Å²) in [7, 11) is 0. The quantitative estimate of drug-likeness (QED) is 0.223. The van der Waals surface area contributed by atoms with Crippen molar-refractivity contribution in [3.05, 3.63) is 89.2 Å². The summed E-state index contributed by atoms with van der Waals surface area (Å²) in [6.07, 6.45) is 16.8. The minimum absolute atomic E-state index is 0.0412. The summed E-state index contributed by atoms with van der Waals surface area (Å²) in [5, 5.41) is 22.7. The summed E-state index contributed by atoms with van der Waals surface area (Å²) in [6, 6.07) is 13.5. The lowest BCUT2D eigenvalue weighted by Gasteiger charge is -2.41. The molecular weight excluding hydrogens is 522 g/mol. The Morgan fingerprint density at radius 1 is 1.07 bits per heavy atom. The first kappa shape index (κ1) is 35.9. The van der Waals surface area contributed by atoms with Gasteiger partial charge in [-0.25, -0.2) is 0 Å². The first-order chi connectivity index (χ1) is 20.3. The fraction of sp³-hybridized carbons (Fsp3) is 0.550. The molecule has 0 radical (unpaired) electrons. The summed E-state index contributed by atoms with van der Waals surface area (Å²) in [6.45, 7) is 24.4. The van der Waals surface area contributed by atoms with Crippen LogP contribution >= 0.6 is 0 Å². The normalized spacial score (nSPS) is 23.5. The van der Waals surface area contributed by atoms with Gasteiger partial charge >= 0.3 is 0 Å². The lowest BCUT2D eigenvalue weighted by atomic mass is 9.61. The number of allylic oxidation sites excluding steroid dienone is 9. The number of hydrogen-bond donors (Lipinski definition) is 1. The minimum atomic E-state index is 0.0412. The lowest BCUT2D eigenvalue weighted by Crippen LogP contribution is -2.37. The van der Waals surface area contributed by atoms with Crippen LogP contribution in [0.25, 0.3) is 0 Å². The molecule has 0 spiro atoms. The van der Waals surface area contributed by atoms with Crippen LogP contribution in [0.2, 0.25) is 0 Å². The van der Waals surface area contributed by atoms with Crippen LogP contribution in [0.5, 0.6) is 0 Å². The molecule has 0 aliphatic heterocycles. The maximum atomic E-state index is 9.90. The summed E-state index contributed by atoms with van der Waals surface area (Å²) < 4.78 is 0. The number of nitriles is 2. The van der Waals surface area contributed by atoms with E-state index in [2.05, 4.69) is 141 Å². The molecule has 1 fully saturated rings. The zero-order chi connectivity index (χ0) is 32.2. The smallest absolute Gasteiger partial charge is 0.0661 e. The lowest BCUT2D eigenvalue weighted by molar-refractivity contribution is 0.0892. The van der Waals surface area contributed by atoms with Crippen LogP contribution < -0.4 is 5.32 Å². The van der Waals surface area contributed by atoms with E-state index in [4.69, 9.17) is 0 Å². The van der Waals surface area contributed by atoms with E-state index in [0.717, 1.165) is 30.6 Å². The second kappa shape index (κ2) is 17.1. The Bertz CT molecular complexity index is 1250. The van der Waals surface area contributed by atoms with E-state index in [1.54, 1.807) is 0 Å². The van der Waals surface area contributed by atoms with Crippen LogP contribution in [-0.4, -0.2) is 0 Å². The van der Waals surface area contributed by atoms with Gasteiger partial charge < -0.3 is 5.32 Å². The molecule has 3 heteroatoms. The number of nitrogens with one attached hydrogen (secondary N) is 1.